The molecule has 3 rings (SSSR count). The molecule has 0 bridgehead atoms. The summed E-state index contributed by atoms with van der Waals surface area (Å²) in [6.45, 7) is -0.151. The quantitative estimate of drug-likeness (QED) is 0.313. The van der Waals surface area contributed by atoms with Crippen molar-refractivity contribution in [2.75, 3.05) is 12.4 Å². The van der Waals surface area contributed by atoms with Crippen LogP contribution >= 0.6 is 11.8 Å². The SMILES string of the molecule is NCc1ccccc1CC(=O)N[C@H]1C(=O)N2C(C(=O)[O-])=C(CO)CS[C@H]12.[K+]. The zero-order valence-electron chi connectivity index (χ0n) is 14.8. The van der Waals surface area contributed by atoms with E-state index in [-0.39, 0.29) is 80.7 Å². The Morgan fingerprint density at radius 1 is 1.33 bits per heavy atom. The van der Waals surface area contributed by atoms with Crippen LogP contribution in [0.25, 0.3) is 0 Å². The van der Waals surface area contributed by atoms with Crippen molar-refractivity contribution < 1.29 is 76.0 Å². The fourth-order valence-corrected chi connectivity index (χ4v) is 4.46. The minimum Gasteiger partial charge on any atom is -0.543 e. The Labute approximate surface area is 203 Å². The van der Waals surface area contributed by atoms with Crippen LogP contribution in [0.4, 0.5) is 0 Å². The second-order valence-corrected chi connectivity index (χ2v) is 7.11. The topological polar surface area (TPSA) is 136 Å². The maximum absolute atomic E-state index is 12.4. The second-order valence-electron chi connectivity index (χ2n) is 6.00. The predicted molar refractivity (Wildman–Crippen MR) is 92.2 cm³/mol. The van der Waals surface area contributed by atoms with Gasteiger partial charge in [-0.3, -0.25) is 14.5 Å². The number of hydrogen-bond donors (Lipinski definition) is 3. The third kappa shape index (κ3) is 4.48. The third-order valence-corrected chi connectivity index (χ3v) is 5.78. The average Bonchev–Trinajstić information content (AvgIpc) is 2.65. The number of aliphatic carboxylic acids is 1. The summed E-state index contributed by atoms with van der Waals surface area (Å²) < 4.78 is 0. The van der Waals surface area contributed by atoms with Gasteiger partial charge in [-0.2, -0.15) is 0 Å². The number of carbonyl (C=O) groups excluding carboxylic acids is 3. The van der Waals surface area contributed by atoms with Crippen molar-refractivity contribution in [2.24, 2.45) is 5.73 Å². The summed E-state index contributed by atoms with van der Waals surface area (Å²) >= 11 is 1.30. The van der Waals surface area contributed by atoms with Gasteiger partial charge in [-0.15, -0.1) is 11.8 Å². The summed E-state index contributed by atoms with van der Waals surface area (Å²) in [6, 6.07) is 6.48. The Morgan fingerprint density at radius 2 is 2.00 bits per heavy atom. The van der Waals surface area contributed by atoms with Gasteiger partial charge in [0.15, 0.2) is 0 Å². The number of nitrogens with zero attached hydrogens (tertiary/aromatic N) is 1. The first-order valence-electron chi connectivity index (χ1n) is 8.03. The van der Waals surface area contributed by atoms with Crippen LogP contribution in [-0.4, -0.2) is 51.6 Å². The Bertz CT molecular complexity index is 801. The molecule has 0 spiro atoms. The molecule has 0 aromatic heterocycles. The molecule has 27 heavy (non-hydrogen) atoms. The van der Waals surface area contributed by atoms with E-state index in [0.717, 1.165) is 16.0 Å². The molecule has 2 aliphatic rings. The smallest absolute Gasteiger partial charge is 0.543 e. The van der Waals surface area contributed by atoms with E-state index in [0.29, 0.717) is 6.54 Å². The van der Waals surface area contributed by atoms with E-state index in [1.807, 2.05) is 18.2 Å². The van der Waals surface area contributed by atoms with E-state index in [9.17, 15) is 24.6 Å². The molecule has 1 saturated heterocycles. The maximum Gasteiger partial charge on any atom is 1.00 e. The molecule has 0 radical (unpaired) electrons. The second kappa shape index (κ2) is 9.66. The van der Waals surface area contributed by atoms with E-state index >= 15 is 0 Å². The fraction of sp³-hybridized carbons (Fsp3) is 0.353. The standard InChI is InChI=1S/C17H19N3O5S.K/c18-6-10-4-2-1-3-9(10)5-12(22)19-13-15(23)20-14(17(24)25)11(7-21)8-26-16(13)20;/h1-4,13,16,21H,5-8,18H2,(H,19,22)(H,24,25);/q;+1/p-1/t13-,16+;/m0./s1. The largest absolute Gasteiger partial charge is 1.00 e. The molecule has 2 amide bonds. The minimum atomic E-state index is -1.51. The van der Waals surface area contributed by atoms with E-state index < -0.39 is 29.9 Å². The summed E-state index contributed by atoms with van der Waals surface area (Å²) in [5.41, 5.74) is 7.24. The van der Waals surface area contributed by atoms with Gasteiger partial charge >= 0.3 is 51.4 Å². The number of carbonyl (C=O) groups is 3. The minimum absolute atomic E-state index is 0. The number of carboxylic acid groups (broad SMARTS) is 1. The number of hydrogen-bond acceptors (Lipinski definition) is 7. The zero-order chi connectivity index (χ0) is 18.8. The molecule has 2 aliphatic heterocycles. The van der Waals surface area contributed by atoms with Gasteiger partial charge in [0.25, 0.3) is 5.91 Å². The number of aliphatic hydroxyl groups is 1. The van der Waals surface area contributed by atoms with Crippen LogP contribution in [0, 0.1) is 0 Å². The Morgan fingerprint density at radius 3 is 2.59 bits per heavy atom. The summed E-state index contributed by atoms with van der Waals surface area (Å²) in [5.74, 6) is -2.10. The molecule has 2 atom stereocenters. The first-order chi connectivity index (χ1) is 12.5. The molecule has 4 N–H and O–H groups in total. The van der Waals surface area contributed by atoms with Crippen molar-refractivity contribution in [1.82, 2.24) is 10.2 Å². The van der Waals surface area contributed by atoms with Gasteiger partial charge in [0.1, 0.15) is 11.4 Å². The number of β-lactam (4-membered cyclic amide) rings is 1. The summed E-state index contributed by atoms with van der Waals surface area (Å²) in [4.78, 5) is 37.1. The molecular weight excluding hydrogens is 397 g/mol. The average molecular weight is 416 g/mol. The number of amides is 2. The summed E-state index contributed by atoms with van der Waals surface area (Å²) in [5, 5.41) is 22.7. The molecular formula is C17H18KN3O5S. The Kier molecular flexibility index (Phi) is 8.07. The number of nitrogens with two attached hydrogens (primary N) is 1. The summed E-state index contributed by atoms with van der Waals surface area (Å²) in [7, 11) is 0. The van der Waals surface area contributed by atoms with Crippen LogP contribution in [0.1, 0.15) is 11.1 Å². The first kappa shape index (κ1) is 22.6. The fourth-order valence-electron chi connectivity index (χ4n) is 3.12. The van der Waals surface area contributed by atoms with Gasteiger partial charge in [0, 0.05) is 12.3 Å². The molecule has 1 aromatic carbocycles. The molecule has 2 heterocycles. The van der Waals surface area contributed by atoms with E-state index in [1.165, 1.54) is 11.8 Å². The van der Waals surface area contributed by atoms with Gasteiger partial charge in [0.2, 0.25) is 5.91 Å². The number of aliphatic hydroxyl groups excluding tert-OH is 1. The van der Waals surface area contributed by atoms with E-state index in [4.69, 9.17) is 5.73 Å². The van der Waals surface area contributed by atoms with E-state index in [2.05, 4.69) is 5.32 Å². The van der Waals surface area contributed by atoms with Gasteiger partial charge in [0.05, 0.1) is 24.7 Å². The number of benzene rings is 1. The van der Waals surface area contributed by atoms with Crippen molar-refractivity contribution in [1.29, 1.82) is 0 Å². The number of rotatable bonds is 6. The summed E-state index contributed by atoms with van der Waals surface area (Å²) in [6.07, 6.45) is 0.0829. The third-order valence-electron chi connectivity index (χ3n) is 4.44. The van der Waals surface area contributed by atoms with Crippen LogP contribution < -0.4 is 67.5 Å². The van der Waals surface area contributed by atoms with Crippen molar-refractivity contribution in [3.05, 3.63) is 46.7 Å². The van der Waals surface area contributed by atoms with Gasteiger partial charge < -0.3 is 26.1 Å². The molecule has 1 aromatic rings. The molecule has 0 unspecified atom stereocenters. The van der Waals surface area contributed by atoms with Crippen molar-refractivity contribution >= 4 is 29.5 Å². The molecule has 1 fully saturated rings. The Balaban J connectivity index is 0.00000261. The molecule has 138 valence electrons. The van der Waals surface area contributed by atoms with Gasteiger partial charge in [-0.05, 0) is 16.7 Å². The molecule has 0 aliphatic carbocycles. The van der Waals surface area contributed by atoms with Crippen molar-refractivity contribution in [2.45, 2.75) is 24.4 Å². The number of fused-ring (bicyclic) bond motifs is 1. The van der Waals surface area contributed by atoms with Gasteiger partial charge in [-0.25, -0.2) is 0 Å². The van der Waals surface area contributed by atoms with E-state index in [1.54, 1.807) is 6.07 Å². The van der Waals surface area contributed by atoms with Crippen LogP contribution in [0.3, 0.4) is 0 Å². The zero-order valence-corrected chi connectivity index (χ0v) is 18.7. The van der Waals surface area contributed by atoms with Crippen LogP contribution in [0.5, 0.6) is 0 Å². The monoisotopic (exact) mass is 415 g/mol. The van der Waals surface area contributed by atoms with Crippen LogP contribution in [0.15, 0.2) is 35.5 Å². The van der Waals surface area contributed by atoms with Gasteiger partial charge in [-0.1, -0.05) is 24.3 Å². The number of carboxylic acids is 1. The molecule has 0 saturated carbocycles. The maximum atomic E-state index is 12.4. The number of thioether (sulfide) groups is 1. The number of nitrogens with one attached hydrogen (secondary N) is 1. The van der Waals surface area contributed by atoms with Crippen molar-refractivity contribution in [3.63, 3.8) is 0 Å². The van der Waals surface area contributed by atoms with Crippen LogP contribution in [0.2, 0.25) is 0 Å². The molecule has 8 nitrogen and oxygen atoms in total. The van der Waals surface area contributed by atoms with Crippen LogP contribution in [-0.2, 0) is 27.3 Å². The first-order valence-corrected chi connectivity index (χ1v) is 9.08. The normalized spacial score (nSPS) is 21.1. The Hall–Kier alpha value is -0.724. The molecule has 10 heteroatoms. The van der Waals surface area contributed by atoms with Crippen molar-refractivity contribution in [3.8, 4) is 0 Å². The predicted octanol–water partition coefficient (Wildman–Crippen LogP) is -4.91.